The highest BCUT2D eigenvalue weighted by atomic mass is 16.4. The topological polar surface area (TPSA) is 162 Å². The fraction of sp³-hybridized carbons (Fsp3) is 0.697. The number of carboxylic acid groups (broad SMARTS) is 1. The first-order chi connectivity index (χ1) is 20.3. The standard InChI is InChI=1S/C33H52N4O7/c1-20(2)13-22(29-24(38)15-32(5,6)16-25(29)39)34-9-11-37(28(42)19-36-31(43)44)12-10-35-23(14-21(3)4)30-26(40)17-33(7,8)18-27(30)41/h20-21,34-36H,9-19H2,1-8H3,(H,43,44). The Labute approximate surface area is 261 Å². The van der Waals surface area contributed by atoms with Gasteiger partial charge in [0.25, 0.3) is 0 Å². The molecule has 2 aliphatic carbocycles. The maximum atomic E-state index is 13.0. The van der Waals surface area contributed by atoms with Gasteiger partial charge in [-0.15, -0.1) is 0 Å². The second-order valence-electron chi connectivity index (χ2n) is 14.5. The zero-order valence-electron chi connectivity index (χ0n) is 27.8. The molecule has 2 aliphatic rings. The molecule has 2 amide bonds. The lowest BCUT2D eigenvalue weighted by molar-refractivity contribution is -0.130. The van der Waals surface area contributed by atoms with Gasteiger partial charge in [-0.2, -0.15) is 0 Å². The number of rotatable bonds is 14. The Morgan fingerprint density at radius 1 is 0.682 bits per heavy atom. The van der Waals surface area contributed by atoms with Crippen LogP contribution in [0.3, 0.4) is 0 Å². The second-order valence-corrected chi connectivity index (χ2v) is 14.5. The molecule has 2 rings (SSSR count). The lowest BCUT2D eigenvalue weighted by Crippen LogP contribution is -2.45. The number of Topliss-reactive ketones (excluding diaryl/α,β-unsaturated/α-hetero) is 4. The summed E-state index contributed by atoms with van der Waals surface area (Å²) in [4.78, 5) is 77.5. The van der Waals surface area contributed by atoms with Crippen LogP contribution in [0.15, 0.2) is 22.5 Å². The van der Waals surface area contributed by atoms with Gasteiger partial charge in [0.15, 0.2) is 23.1 Å². The number of amides is 2. The zero-order valence-corrected chi connectivity index (χ0v) is 27.8. The normalized spacial score (nSPS) is 18.0. The number of ketones is 4. The average molecular weight is 617 g/mol. The minimum atomic E-state index is -1.32. The number of carbonyl (C=O) groups excluding carboxylic acids is 5. The van der Waals surface area contributed by atoms with Crippen LogP contribution >= 0.6 is 0 Å². The Morgan fingerprint density at radius 2 is 1.02 bits per heavy atom. The summed E-state index contributed by atoms with van der Waals surface area (Å²) in [5.74, 6) is -0.839. The molecule has 0 atom stereocenters. The van der Waals surface area contributed by atoms with E-state index >= 15 is 0 Å². The Morgan fingerprint density at radius 3 is 1.32 bits per heavy atom. The number of hydrogen-bond acceptors (Lipinski definition) is 8. The highest BCUT2D eigenvalue weighted by Crippen LogP contribution is 2.36. The largest absolute Gasteiger partial charge is 0.465 e. The highest BCUT2D eigenvalue weighted by molar-refractivity contribution is 6.23. The van der Waals surface area contributed by atoms with Crippen molar-refractivity contribution in [1.29, 1.82) is 0 Å². The van der Waals surface area contributed by atoms with Crippen LogP contribution in [-0.2, 0) is 24.0 Å². The molecule has 0 radical (unpaired) electrons. The first-order valence-electron chi connectivity index (χ1n) is 15.6. The van der Waals surface area contributed by atoms with E-state index in [4.69, 9.17) is 5.11 Å². The molecule has 11 heteroatoms. The molecule has 11 nitrogen and oxygen atoms in total. The van der Waals surface area contributed by atoms with Gasteiger partial charge in [0.2, 0.25) is 5.91 Å². The van der Waals surface area contributed by atoms with Crippen LogP contribution in [0.2, 0.25) is 0 Å². The fourth-order valence-corrected chi connectivity index (χ4v) is 5.85. The van der Waals surface area contributed by atoms with E-state index in [0.29, 0.717) is 24.2 Å². The quantitative estimate of drug-likeness (QED) is 0.168. The summed E-state index contributed by atoms with van der Waals surface area (Å²) < 4.78 is 0. The zero-order chi connectivity index (χ0) is 33.4. The van der Waals surface area contributed by atoms with Crippen LogP contribution in [0.4, 0.5) is 4.79 Å². The van der Waals surface area contributed by atoms with E-state index in [1.807, 2.05) is 55.4 Å². The van der Waals surface area contributed by atoms with Crippen molar-refractivity contribution in [1.82, 2.24) is 20.9 Å². The van der Waals surface area contributed by atoms with Gasteiger partial charge < -0.3 is 26.0 Å². The van der Waals surface area contributed by atoms with Crippen LogP contribution in [0.1, 0.15) is 93.9 Å². The molecular formula is C33H52N4O7. The van der Waals surface area contributed by atoms with Gasteiger partial charge in [-0.1, -0.05) is 55.4 Å². The van der Waals surface area contributed by atoms with Gasteiger partial charge in [0.05, 0.1) is 11.1 Å². The van der Waals surface area contributed by atoms with E-state index < -0.39 is 18.5 Å². The first kappa shape index (κ1) is 36.7. The van der Waals surface area contributed by atoms with Crippen molar-refractivity contribution in [3.8, 4) is 0 Å². The number of allylic oxidation sites excluding steroid dienone is 4. The molecule has 44 heavy (non-hydrogen) atoms. The molecule has 2 saturated carbocycles. The summed E-state index contributed by atoms with van der Waals surface area (Å²) in [7, 11) is 0. The van der Waals surface area contributed by atoms with E-state index in [0.717, 1.165) is 0 Å². The van der Waals surface area contributed by atoms with E-state index in [-0.39, 0.29) is 109 Å². The van der Waals surface area contributed by atoms with Crippen molar-refractivity contribution < 1.29 is 33.9 Å². The van der Waals surface area contributed by atoms with E-state index in [1.54, 1.807) is 0 Å². The Balaban J connectivity index is 2.23. The Hall–Kier alpha value is -3.50. The van der Waals surface area contributed by atoms with Crippen molar-refractivity contribution in [3.05, 3.63) is 22.5 Å². The third-order valence-corrected chi connectivity index (χ3v) is 7.68. The number of carbonyl (C=O) groups is 6. The second kappa shape index (κ2) is 15.5. The maximum absolute atomic E-state index is 13.0. The van der Waals surface area contributed by atoms with Gasteiger partial charge in [0, 0.05) is 63.3 Å². The van der Waals surface area contributed by atoms with E-state index in [9.17, 15) is 28.8 Å². The molecule has 0 aromatic heterocycles. The van der Waals surface area contributed by atoms with Crippen molar-refractivity contribution in [3.63, 3.8) is 0 Å². The van der Waals surface area contributed by atoms with Gasteiger partial charge in [0.1, 0.15) is 6.54 Å². The summed E-state index contributed by atoms with van der Waals surface area (Å²) >= 11 is 0. The van der Waals surface area contributed by atoms with Crippen LogP contribution in [0.25, 0.3) is 0 Å². The lowest BCUT2D eigenvalue weighted by atomic mass is 9.73. The number of nitrogens with zero attached hydrogens (tertiary/aromatic N) is 1. The van der Waals surface area contributed by atoms with Gasteiger partial charge >= 0.3 is 6.09 Å². The molecule has 0 heterocycles. The average Bonchev–Trinajstić information content (AvgIpc) is 2.82. The van der Waals surface area contributed by atoms with Gasteiger partial charge in [-0.25, -0.2) is 4.79 Å². The minimum Gasteiger partial charge on any atom is -0.465 e. The van der Waals surface area contributed by atoms with Crippen LogP contribution in [0, 0.1) is 22.7 Å². The Kier molecular flexibility index (Phi) is 12.9. The molecule has 0 aromatic rings. The third kappa shape index (κ3) is 11.2. The SMILES string of the molecule is CC(C)CC(NCCN(CCNC(CC(C)C)=C1C(=O)CC(C)(C)CC1=O)C(=O)CNC(=O)O)=C1C(=O)CC(C)(C)CC1=O. The summed E-state index contributed by atoms with van der Waals surface area (Å²) in [6.45, 7) is 16.0. The number of nitrogens with one attached hydrogen (secondary N) is 3. The molecule has 0 bridgehead atoms. The molecule has 0 aliphatic heterocycles. The van der Waals surface area contributed by atoms with Crippen molar-refractivity contribution in [2.45, 2.75) is 93.9 Å². The smallest absolute Gasteiger partial charge is 0.405 e. The molecule has 0 unspecified atom stereocenters. The predicted molar refractivity (Wildman–Crippen MR) is 168 cm³/mol. The monoisotopic (exact) mass is 616 g/mol. The molecule has 0 saturated heterocycles. The Bertz CT molecular complexity index is 1090. The highest BCUT2D eigenvalue weighted by Gasteiger charge is 2.38. The summed E-state index contributed by atoms with van der Waals surface area (Å²) in [6.07, 6.45) is 0.798. The predicted octanol–water partition coefficient (Wildman–Crippen LogP) is 3.78. The number of hydrogen-bond donors (Lipinski definition) is 4. The third-order valence-electron chi connectivity index (χ3n) is 7.68. The van der Waals surface area contributed by atoms with Crippen LogP contribution in [0.5, 0.6) is 0 Å². The molecule has 246 valence electrons. The first-order valence-corrected chi connectivity index (χ1v) is 15.6. The molecule has 0 aromatic carbocycles. The van der Waals surface area contributed by atoms with Crippen LogP contribution < -0.4 is 16.0 Å². The van der Waals surface area contributed by atoms with Crippen LogP contribution in [-0.4, -0.2) is 77.9 Å². The summed E-state index contributed by atoms with van der Waals surface area (Å²) in [5, 5.41) is 17.6. The summed E-state index contributed by atoms with van der Waals surface area (Å²) in [5.41, 5.74) is 0.781. The van der Waals surface area contributed by atoms with Crippen molar-refractivity contribution >= 4 is 35.1 Å². The lowest BCUT2D eigenvalue weighted by Gasteiger charge is -2.31. The van der Waals surface area contributed by atoms with Gasteiger partial charge in [-0.3, -0.25) is 24.0 Å². The summed E-state index contributed by atoms with van der Waals surface area (Å²) in [6, 6.07) is 0. The molecule has 4 N–H and O–H groups in total. The molecular weight excluding hydrogens is 564 g/mol. The van der Waals surface area contributed by atoms with Gasteiger partial charge in [-0.05, 0) is 35.5 Å². The molecule has 2 fully saturated rings. The molecule has 0 spiro atoms. The van der Waals surface area contributed by atoms with Crippen molar-refractivity contribution in [2.75, 3.05) is 32.7 Å². The van der Waals surface area contributed by atoms with E-state index in [1.165, 1.54) is 4.90 Å². The maximum Gasteiger partial charge on any atom is 0.405 e. The fourth-order valence-electron chi connectivity index (χ4n) is 5.85. The van der Waals surface area contributed by atoms with E-state index in [2.05, 4.69) is 16.0 Å². The minimum absolute atomic E-state index is 0.172. The van der Waals surface area contributed by atoms with Crippen molar-refractivity contribution in [2.24, 2.45) is 22.7 Å².